The number of amides is 1. The van der Waals surface area contributed by atoms with Gasteiger partial charge >= 0.3 is 0 Å². The second kappa shape index (κ2) is 10.6. The number of benzene rings is 1. The largest absolute Gasteiger partial charge is 0.467 e. The predicted octanol–water partition coefficient (Wildman–Crippen LogP) is 3.65. The molecule has 0 aliphatic heterocycles. The van der Waals surface area contributed by atoms with E-state index in [-0.39, 0.29) is 24.7 Å². The van der Waals surface area contributed by atoms with Crippen LogP contribution in [0.4, 0.5) is 0 Å². The number of aromatic nitrogens is 2. The lowest BCUT2D eigenvalue weighted by Crippen LogP contribution is -2.25. The van der Waals surface area contributed by atoms with E-state index in [1.807, 2.05) is 26.0 Å². The van der Waals surface area contributed by atoms with Crippen LogP contribution in [0.3, 0.4) is 0 Å². The highest BCUT2D eigenvalue weighted by Crippen LogP contribution is 2.22. The second-order valence-corrected chi connectivity index (χ2v) is 7.73. The molecule has 1 amide bonds. The van der Waals surface area contributed by atoms with Gasteiger partial charge in [0.15, 0.2) is 6.61 Å². The number of ether oxygens (including phenoxy) is 2. The summed E-state index contributed by atoms with van der Waals surface area (Å²) in [5.41, 5.74) is 9.27. The number of aryl methyl sites for hydroxylation is 3. The van der Waals surface area contributed by atoms with Crippen LogP contribution in [0.25, 0.3) is 5.69 Å². The average Bonchev–Trinajstić information content (AvgIpc) is 3.05. The maximum atomic E-state index is 12.2. The van der Waals surface area contributed by atoms with Crippen LogP contribution in [0.15, 0.2) is 41.5 Å². The Morgan fingerprint density at radius 1 is 1.24 bits per heavy atom. The first-order chi connectivity index (χ1) is 15.8. The fourth-order valence-corrected chi connectivity index (χ4v) is 3.63. The minimum absolute atomic E-state index is 0.102. The lowest BCUT2D eigenvalue weighted by atomic mass is 10.1. The Kier molecular flexibility index (Phi) is 7.59. The van der Waals surface area contributed by atoms with Crippen molar-refractivity contribution in [3.63, 3.8) is 0 Å². The molecule has 0 fully saturated rings. The van der Waals surface area contributed by atoms with E-state index in [0.717, 1.165) is 22.6 Å². The number of rotatable bonds is 8. The molecule has 2 heterocycles. The van der Waals surface area contributed by atoms with E-state index < -0.39 is 5.91 Å². The van der Waals surface area contributed by atoms with Crippen molar-refractivity contribution in [2.45, 2.75) is 34.3 Å². The van der Waals surface area contributed by atoms with E-state index in [1.54, 1.807) is 26.3 Å². The van der Waals surface area contributed by atoms with Gasteiger partial charge < -0.3 is 14.0 Å². The van der Waals surface area contributed by atoms with Crippen LogP contribution >= 0.6 is 0 Å². The molecule has 0 aliphatic carbocycles. The Morgan fingerprint density at radius 2 is 2.03 bits per heavy atom. The number of hydrogen-bond donors (Lipinski definition) is 1. The van der Waals surface area contributed by atoms with Gasteiger partial charge in [0.1, 0.15) is 11.6 Å². The van der Waals surface area contributed by atoms with Crippen molar-refractivity contribution in [2.24, 2.45) is 5.10 Å². The molecule has 0 unspecified atom stereocenters. The Morgan fingerprint density at radius 3 is 2.73 bits per heavy atom. The molecule has 1 N–H and O–H groups in total. The van der Waals surface area contributed by atoms with E-state index in [0.29, 0.717) is 11.3 Å². The molecule has 0 spiro atoms. The predicted molar refractivity (Wildman–Crippen MR) is 126 cm³/mol. The van der Waals surface area contributed by atoms with Crippen LogP contribution in [0.5, 0.6) is 5.88 Å². The molecular formula is C25H27N5O3. The van der Waals surface area contributed by atoms with Crippen molar-refractivity contribution in [2.75, 3.05) is 13.7 Å². The van der Waals surface area contributed by atoms with Gasteiger partial charge in [-0.25, -0.2) is 10.4 Å². The number of carbonyl (C=O) groups is 1. The van der Waals surface area contributed by atoms with Crippen LogP contribution in [-0.4, -0.2) is 35.4 Å². The fourth-order valence-electron chi connectivity index (χ4n) is 3.63. The van der Waals surface area contributed by atoms with Crippen molar-refractivity contribution < 1.29 is 14.3 Å². The number of carbonyl (C=O) groups excluding carboxylic acids is 1. The van der Waals surface area contributed by atoms with Gasteiger partial charge in [0.05, 0.1) is 12.8 Å². The molecule has 3 rings (SSSR count). The molecule has 8 nitrogen and oxygen atoms in total. The van der Waals surface area contributed by atoms with Gasteiger partial charge in [-0.3, -0.25) is 4.79 Å². The van der Waals surface area contributed by atoms with Crippen molar-refractivity contribution in [3.05, 3.63) is 75.7 Å². The number of nitriles is 1. The molecule has 33 heavy (non-hydrogen) atoms. The molecule has 170 valence electrons. The van der Waals surface area contributed by atoms with Gasteiger partial charge in [0.25, 0.3) is 5.91 Å². The first-order valence-corrected chi connectivity index (χ1v) is 10.4. The smallest absolute Gasteiger partial charge is 0.278 e. The Bertz CT molecular complexity index is 1240. The van der Waals surface area contributed by atoms with E-state index in [4.69, 9.17) is 9.47 Å². The summed E-state index contributed by atoms with van der Waals surface area (Å²) in [5, 5.41) is 13.5. The second-order valence-electron chi connectivity index (χ2n) is 7.73. The molecule has 0 radical (unpaired) electrons. The summed E-state index contributed by atoms with van der Waals surface area (Å²) in [4.78, 5) is 16.5. The van der Waals surface area contributed by atoms with Crippen LogP contribution < -0.4 is 10.2 Å². The van der Waals surface area contributed by atoms with Gasteiger partial charge in [-0.15, -0.1) is 0 Å². The quantitative estimate of drug-likeness (QED) is 0.421. The van der Waals surface area contributed by atoms with Crippen molar-refractivity contribution in [1.82, 2.24) is 15.0 Å². The Labute approximate surface area is 193 Å². The van der Waals surface area contributed by atoms with E-state index in [2.05, 4.69) is 51.3 Å². The Balaban J connectivity index is 1.66. The van der Waals surface area contributed by atoms with Crippen LogP contribution in [0.2, 0.25) is 0 Å². The fraction of sp³-hybridized carbons (Fsp3) is 0.280. The van der Waals surface area contributed by atoms with Crippen LogP contribution in [0.1, 0.15) is 39.3 Å². The maximum Gasteiger partial charge on any atom is 0.278 e. The summed E-state index contributed by atoms with van der Waals surface area (Å²) in [6, 6.07) is 14.1. The maximum absolute atomic E-state index is 12.2. The van der Waals surface area contributed by atoms with Gasteiger partial charge in [0, 0.05) is 41.0 Å². The zero-order chi connectivity index (χ0) is 24.0. The normalized spacial score (nSPS) is 10.9. The van der Waals surface area contributed by atoms with Crippen LogP contribution in [0, 0.1) is 39.0 Å². The third kappa shape index (κ3) is 5.64. The number of hydrogen-bond acceptors (Lipinski definition) is 6. The first-order valence-electron chi connectivity index (χ1n) is 10.4. The van der Waals surface area contributed by atoms with Gasteiger partial charge in [-0.05, 0) is 57.5 Å². The highest BCUT2D eigenvalue weighted by atomic mass is 16.5. The summed E-state index contributed by atoms with van der Waals surface area (Å²) in [5.74, 6) is -0.357. The van der Waals surface area contributed by atoms with Crippen molar-refractivity contribution in [1.29, 1.82) is 5.26 Å². The summed E-state index contributed by atoms with van der Waals surface area (Å²) >= 11 is 0. The summed E-state index contributed by atoms with van der Waals surface area (Å²) in [6.07, 6.45) is 1.61. The number of hydrazone groups is 1. The minimum atomic E-state index is -0.459. The zero-order valence-corrected chi connectivity index (χ0v) is 19.5. The van der Waals surface area contributed by atoms with E-state index >= 15 is 0 Å². The molecule has 3 aromatic rings. The average molecular weight is 446 g/mol. The number of nitrogens with zero attached hydrogens (tertiary/aromatic N) is 4. The standard InChI is InChI=1S/C25H27N5O3/c1-16-7-6-8-22(9-16)30-18(3)11-20(19(30)4)13-27-29-24(31)15-33-25-23(12-26)21(14-32-5)10-17(2)28-25/h6-11,13H,14-15H2,1-5H3,(H,29,31)/b27-13-. The third-order valence-corrected chi connectivity index (χ3v) is 5.07. The number of pyridine rings is 1. The number of methoxy groups -OCH3 is 1. The lowest BCUT2D eigenvalue weighted by molar-refractivity contribution is -0.123. The van der Waals surface area contributed by atoms with Crippen molar-refractivity contribution in [3.8, 4) is 17.6 Å². The molecule has 8 heteroatoms. The van der Waals surface area contributed by atoms with Gasteiger partial charge in [-0.1, -0.05) is 12.1 Å². The molecule has 0 saturated carbocycles. The van der Waals surface area contributed by atoms with Crippen LogP contribution in [-0.2, 0) is 16.1 Å². The highest BCUT2D eigenvalue weighted by Gasteiger charge is 2.14. The van der Waals surface area contributed by atoms with E-state index in [1.165, 1.54) is 5.56 Å². The molecular weight excluding hydrogens is 418 g/mol. The monoisotopic (exact) mass is 445 g/mol. The van der Waals surface area contributed by atoms with Crippen molar-refractivity contribution >= 4 is 12.1 Å². The summed E-state index contributed by atoms with van der Waals surface area (Å²) in [6.45, 7) is 7.80. The van der Waals surface area contributed by atoms with E-state index in [9.17, 15) is 10.1 Å². The molecule has 1 aromatic carbocycles. The first kappa shape index (κ1) is 23.7. The SMILES string of the molecule is COCc1cc(C)nc(OCC(=O)N/N=C\c2cc(C)n(-c3cccc(C)c3)c2C)c1C#N. The Hall–Kier alpha value is -3.96. The number of nitrogens with one attached hydrogen (secondary N) is 1. The van der Waals surface area contributed by atoms with Gasteiger partial charge in [-0.2, -0.15) is 10.4 Å². The zero-order valence-electron chi connectivity index (χ0n) is 19.5. The molecule has 0 saturated heterocycles. The topological polar surface area (TPSA) is 102 Å². The molecule has 0 atom stereocenters. The minimum Gasteiger partial charge on any atom is -0.467 e. The summed E-state index contributed by atoms with van der Waals surface area (Å²) < 4.78 is 12.8. The highest BCUT2D eigenvalue weighted by molar-refractivity contribution is 5.84. The summed E-state index contributed by atoms with van der Waals surface area (Å²) in [7, 11) is 1.54. The molecule has 2 aromatic heterocycles. The lowest BCUT2D eigenvalue weighted by Gasteiger charge is -2.10. The third-order valence-electron chi connectivity index (χ3n) is 5.07. The van der Waals surface area contributed by atoms with Gasteiger partial charge in [0.2, 0.25) is 5.88 Å². The molecule has 0 bridgehead atoms. The molecule has 0 aliphatic rings.